The van der Waals surface area contributed by atoms with Crippen molar-refractivity contribution in [1.82, 2.24) is 25.1 Å². The van der Waals surface area contributed by atoms with Crippen molar-refractivity contribution in [2.24, 2.45) is 10.9 Å². The zero-order chi connectivity index (χ0) is 21.6. The third-order valence-corrected chi connectivity index (χ3v) is 6.58. The van der Waals surface area contributed by atoms with Crippen LogP contribution >= 0.6 is 11.6 Å². The number of aliphatic imine (C=N–C) groups is 1. The van der Waals surface area contributed by atoms with Crippen molar-refractivity contribution in [1.29, 1.82) is 0 Å². The van der Waals surface area contributed by atoms with Gasteiger partial charge in [0.2, 0.25) is 5.95 Å². The minimum absolute atomic E-state index is 0.366. The summed E-state index contributed by atoms with van der Waals surface area (Å²) in [4.78, 5) is 20.4. The Hall–Kier alpha value is -2.38. The first-order chi connectivity index (χ1) is 15.2. The van der Waals surface area contributed by atoms with Crippen molar-refractivity contribution in [3.8, 4) is 0 Å². The van der Waals surface area contributed by atoms with Gasteiger partial charge in [-0.25, -0.2) is 9.97 Å². The molecule has 4 rings (SSSR count). The lowest BCUT2D eigenvalue weighted by molar-refractivity contribution is 0.122. The second-order valence-corrected chi connectivity index (χ2v) is 8.77. The standard InChI is InChI=1S/C23H32ClN7/c1-25-22(30-12-14-31(15-13-30)23-26-9-5-10-27-23)28-17-19-7-4-11-29(2)21(19)18-6-3-8-20(24)16-18/h3,5-6,8-10,16,19,21H,4,7,11-15,17H2,1-2H3,(H,25,28). The minimum atomic E-state index is 0.366. The minimum Gasteiger partial charge on any atom is -0.356 e. The molecule has 0 amide bonds. The number of hydrogen-bond donors (Lipinski definition) is 1. The Labute approximate surface area is 190 Å². The number of halogens is 1. The summed E-state index contributed by atoms with van der Waals surface area (Å²) in [6.07, 6.45) is 6.01. The van der Waals surface area contributed by atoms with E-state index in [9.17, 15) is 0 Å². The van der Waals surface area contributed by atoms with Gasteiger partial charge in [0.15, 0.2) is 5.96 Å². The molecule has 31 heavy (non-hydrogen) atoms. The van der Waals surface area contributed by atoms with Gasteiger partial charge in [0.1, 0.15) is 0 Å². The van der Waals surface area contributed by atoms with Crippen molar-refractivity contribution in [2.45, 2.75) is 18.9 Å². The fourth-order valence-electron chi connectivity index (χ4n) is 4.82. The average molecular weight is 442 g/mol. The van der Waals surface area contributed by atoms with E-state index in [1.165, 1.54) is 18.4 Å². The van der Waals surface area contributed by atoms with Crippen molar-refractivity contribution in [2.75, 3.05) is 58.3 Å². The van der Waals surface area contributed by atoms with Crippen LogP contribution in [0.2, 0.25) is 5.02 Å². The zero-order valence-corrected chi connectivity index (χ0v) is 19.2. The van der Waals surface area contributed by atoms with Crippen LogP contribution in [0.15, 0.2) is 47.7 Å². The van der Waals surface area contributed by atoms with Gasteiger partial charge < -0.3 is 15.1 Å². The van der Waals surface area contributed by atoms with Crippen LogP contribution in [-0.2, 0) is 0 Å². The number of likely N-dealkylation sites (tertiary alicyclic amines) is 1. The van der Waals surface area contributed by atoms with Gasteiger partial charge >= 0.3 is 0 Å². The Morgan fingerprint density at radius 3 is 2.61 bits per heavy atom. The predicted octanol–water partition coefficient (Wildman–Crippen LogP) is 2.91. The largest absolute Gasteiger partial charge is 0.356 e. The molecule has 7 nitrogen and oxygen atoms in total. The van der Waals surface area contributed by atoms with Crippen LogP contribution in [0.1, 0.15) is 24.4 Å². The molecule has 2 saturated heterocycles. The normalized spacial score (nSPS) is 23.1. The van der Waals surface area contributed by atoms with Gasteiger partial charge in [-0.15, -0.1) is 0 Å². The predicted molar refractivity (Wildman–Crippen MR) is 127 cm³/mol. The number of nitrogens with zero attached hydrogens (tertiary/aromatic N) is 6. The molecule has 2 aliphatic rings. The molecule has 2 unspecified atom stereocenters. The average Bonchev–Trinajstić information content (AvgIpc) is 2.80. The molecule has 1 aromatic carbocycles. The quantitative estimate of drug-likeness (QED) is 0.581. The summed E-state index contributed by atoms with van der Waals surface area (Å²) in [6, 6.07) is 10.5. The van der Waals surface area contributed by atoms with E-state index in [0.29, 0.717) is 12.0 Å². The Morgan fingerprint density at radius 2 is 1.90 bits per heavy atom. The highest BCUT2D eigenvalue weighted by Gasteiger charge is 2.31. The third-order valence-electron chi connectivity index (χ3n) is 6.35. The molecular weight excluding hydrogens is 410 g/mol. The second kappa shape index (κ2) is 10.3. The smallest absolute Gasteiger partial charge is 0.225 e. The summed E-state index contributed by atoms with van der Waals surface area (Å²) in [5, 5.41) is 4.47. The van der Waals surface area contributed by atoms with E-state index < -0.39 is 0 Å². The Morgan fingerprint density at radius 1 is 1.13 bits per heavy atom. The highest BCUT2D eigenvalue weighted by Crippen LogP contribution is 2.35. The summed E-state index contributed by atoms with van der Waals surface area (Å²) in [5.41, 5.74) is 1.30. The van der Waals surface area contributed by atoms with Crippen LogP contribution in [0.4, 0.5) is 5.95 Å². The zero-order valence-electron chi connectivity index (χ0n) is 18.4. The Kier molecular flexibility index (Phi) is 7.25. The Bertz CT molecular complexity index is 867. The van der Waals surface area contributed by atoms with Gasteiger partial charge in [0.25, 0.3) is 0 Å². The van der Waals surface area contributed by atoms with E-state index in [-0.39, 0.29) is 0 Å². The van der Waals surface area contributed by atoms with Crippen LogP contribution in [0.25, 0.3) is 0 Å². The van der Waals surface area contributed by atoms with E-state index in [4.69, 9.17) is 11.6 Å². The number of piperazine rings is 1. The number of benzene rings is 1. The van der Waals surface area contributed by atoms with Crippen molar-refractivity contribution >= 4 is 23.5 Å². The third kappa shape index (κ3) is 5.28. The van der Waals surface area contributed by atoms with Gasteiger partial charge in [-0.3, -0.25) is 9.89 Å². The summed E-state index contributed by atoms with van der Waals surface area (Å²) < 4.78 is 0. The molecule has 2 atom stereocenters. The SMILES string of the molecule is CN=C(NCC1CCCN(C)C1c1cccc(Cl)c1)N1CCN(c2ncccn2)CC1. The maximum absolute atomic E-state index is 6.29. The fraction of sp³-hybridized carbons (Fsp3) is 0.522. The lowest BCUT2D eigenvalue weighted by Crippen LogP contribution is -2.54. The van der Waals surface area contributed by atoms with E-state index in [1.807, 2.05) is 19.2 Å². The van der Waals surface area contributed by atoms with Gasteiger partial charge in [-0.2, -0.15) is 0 Å². The number of rotatable bonds is 4. The molecule has 2 aliphatic heterocycles. The van der Waals surface area contributed by atoms with Crippen molar-refractivity contribution in [3.63, 3.8) is 0 Å². The topological polar surface area (TPSA) is 59.9 Å². The van der Waals surface area contributed by atoms with Gasteiger partial charge in [0, 0.05) is 63.2 Å². The molecule has 0 spiro atoms. The number of aromatic nitrogens is 2. The summed E-state index contributed by atoms with van der Waals surface area (Å²) in [5.74, 6) is 2.29. The highest BCUT2D eigenvalue weighted by molar-refractivity contribution is 6.30. The number of anilines is 1. The van der Waals surface area contributed by atoms with Crippen LogP contribution in [0.5, 0.6) is 0 Å². The fourth-order valence-corrected chi connectivity index (χ4v) is 5.02. The monoisotopic (exact) mass is 441 g/mol. The van der Waals surface area contributed by atoms with E-state index >= 15 is 0 Å². The molecule has 1 N–H and O–H groups in total. The molecule has 8 heteroatoms. The molecular formula is C23H32ClN7. The summed E-state index contributed by atoms with van der Waals surface area (Å²) in [7, 11) is 4.09. The van der Waals surface area contributed by atoms with E-state index in [0.717, 1.165) is 56.2 Å². The van der Waals surface area contributed by atoms with Crippen molar-refractivity contribution < 1.29 is 0 Å². The maximum Gasteiger partial charge on any atom is 0.225 e. The van der Waals surface area contributed by atoms with Gasteiger partial charge in [-0.1, -0.05) is 23.7 Å². The van der Waals surface area contributed by atoms with E-state index in [2.05, 4.69) is 60.2 Å². The Balaban J connectivity index is 1.36. The molecule has 3 heterocycles. The lowest BCUT2D eigenvalue weighted by Gasteiger charge is -2.41. The van der Waals surface area contributed by atoms with Crippen molar-refractivity contribution in [3.05, 3.63) is 53.3 Å². The molecule has 2 aromatic rings. The molecule has 2 fully saturated rings. The first-order valence-corrected chi connectivity index (χ1v) is 11.5. The maximum atomic E-state index is 6.29. The molecule has 166 valence electrons. The second-order valence-electron chi connectivity index (χ2n) is 8.33. The molecule has 0 saturated carbocycles. The molecule has 0 aliphatic carbocycles. The number of hydrogen-bond acceptors (Lipinski definition) is 5. The molecule has 1 aromatic heterocycles. The van der Waals surface area contributed by atoms with E-state index in [1.54, 1.807) is 12.4 Å². The first kappa shape index (κ1) is 21.8. The van der Waals surface area contributed by atoms with Crippen LogP contribution in [-0.4, -0.2) is 79.1 Å². The molecule has 0 radical (unpaired) electrons. The number of nitrogens with one attached hydrogen (secondary N) is 1. The van der Waals surface area contributed by atoms with Crippen LogP contribution in [0.3, 0.4) is 0 Å². The van der Waals surface area contributed by atoms with Crippen LogP contribution in [0, 0.1) is 5.92 Å². The lowest BCUT2D eigenvalue weighted by atomic mass is 9.85. The summed E-state index contributed by atoms with van der Waals surface area (Å²) >= 11 is 6.29. The van der Waals surface area contributed by atoms with Crippen LogP contribution < -0.4 is 10.2 Å². The number of guanidine groups is 1. The summed E-state index contributed by atoms with van der Waals surface area (Å²) in [6.45, 7) is 5.60. The molecule has 0 bridgehead atoms. The first-order valence-electron chi connectivity index (χ1n) is 11.1. The highest BCUT2D eigenvalue weighted by atomic mass is 35.5. The van der Waals surface area contributed by atoms with Gasteiger partial charge in [0.05, 0.1) is 0 Å². The number of piperidine rings is 1. The van der Waals surface area contributed by atoms with Gasteiger partial charge in [-0.05, 0) is 56.1 Å².